The molecule has 0 spiro atoms. The Balaban J connectivity index is 1.88. The van der Waals surface area contributed by atoms with E-state index in [1.807, 2.05) is 12.1 Å². The summed E-state index contributed by atoms with van der Waals surface area (Å²) in [6, 6.07) is 7.23. The molecular formula is C18H18N8O5. The van der Waals surface area contributed by atoms with Gasteiger partial charge in [0.05, 0.1) is 20.8 Å². The summed E-state index contributed by atoms with van der Waals surface area (Å²) < 4.78 is 15.1. The van der Waals surface area contributed by atoms with Crippen LogP contribution in [-0.2, 0) is 32.2 Å². The van der Waals surface area contributed by atoms with Crippen molar-refractivity contribution in [2.24, 2.45) is 5.11 Å². The van der Waals surface area contributed by atoms with Gasteiger partial charge in [0.1, 0.15) is 12.4 Å². The number of benzene rings is 1. The molecule has 0 aliphatic rings. The molecule has 13 nitrogen and oxygen atoms in total. The van der Waals surface area contributed by atoms with Crippen LogP contribution in [0.15, 0.2) is 29.4 Å². The van der Waals surface area contributed by atoms with E-state index in [0.717, 1.165) is 25.3 Å². The van der Waals surface area contributed by atoms with Gasteiger partial charge in [-0.3, -0.25) is 9.59 Å². The van der Waals surface area contributed by atoms with Gasteiger partial charge in [-0.1, -0.05) is 29.4 Å². The number of nitrogens with zero attached hydrogens (tertiary/aromatic N) is 6. The minimum atomic E-state index is -1.43. The maximum Gasteiger partial charge on any atom is 0.327 e. The Kier molecular flexibility index (Phi) is 6.48. The highest BCUT2D eigenvalue weighted by Gasteiger charge is 2.34. The van der Waals surface area contributed by atoms with Crippen LogP contribution >= 0.6 is 0 Å². The molecule has 160 valence electrons. The van der Waals surface area contributed by atoms with Crippen LogP contribution in [-0.4, -0.2) is 46.1 Å². The number of carbonyl (C=O) groups is 2. The first-order valence-electron chi connectivity index (χ1n) is 8.87. The summed E-state index contributed by atoms with van der Waals surface area (Å²) >= 11 is 0. The van der Waals surface area contributed by atoms with Crippen LogP contribution in [0.25, 0.3) is 21.6 Å². The fourth-order valence-electron chi connectivity index (χ4n) is 2.71. The van der Waals surface area contributed by atoms with Crippen LogP contribution in [0, 0.1) is 0 Å². The molecule has 31 heavy (non-hydrogen) atoms. The summed E-state index contributed by atoms with van der Waals surface area (Å²) in [6.07, 6.45) is 0. The van der Waals surface area contributed by atoms with E-state index in [1.165, 1.54) is 0 Å². The monoisotopic (exact) mass is 426 g/mol. The fourth-order valence-corrected chi connectivity index (χ4v) is 2.71. The molecule has 0 fully saturated rings. The van der Waals surface area contributed by atoms with Crippen molar-refractivity contribution < 1.29 is 23.8 Å². The number of hydrogen-bond donors (Lipinski definition) is 2. The summed E-state index contributed by atoms with van der Waals surface area (Å²) in [5.41, 5.74) is 16.2. The number of methoxy groups -OCH3 is 2. The lowest BCUT2D eigenvalue weighted by Gasteiger charge is -2.09. The second-order valence-electron chi connectivity index (χ2n) is 6.18. The number of imidazole rings is 1. The van der Waals surface area contributed by atoms with Gasteiger partial charge in [-0.05, 0) is 16.7 Å². The first-order chi connectivity index (χ1) is 15.0. The molecule has 0 aliphatic heterocycles. The quantitative estimate of drug-likeness (QED) is 0.177. The number of nitrogens with one attached hydrogen (secondary N) is 1. The number of carbonyl (C=O) groups excluding carboxylic acids is 2. The normalized spacial score (nSPS) is 10.5. The lowest BCUT2D eigenvalue weighted by atomic mass is 10.1. The van der Waals surface area contributed by atoms with Crippen LogP contribution in [0.5, 0.6) is 5.88 Å². The largest absolute Gasteiger partial charge is 0.471 e. The van der Waals surface area contributed by atoms with Crippen LogP contribution in [0.3, 0.4) is 0 Å². The molecule has 0 unspecified atom stereocenters. The molecular weight excluding hydrogens is 408 g/mol. The molecule has 3 aromatic rings. The Morgan fingerprint density at radius 3 is 2.39 bits per heavy atom. The Bertz CT molecular complexity index is 1140. The lowest BCUT2D eigenvalue weighted by molar-refractivity contribution is -0.154. The summed E-state index contributed by atoms with van der Waals surface area (Å²) in [4.78, 5) is 41.9. The highest BCUT2D eigenvalue weighted by atomic mass is 16.5. The van der Waals surface area contributed by atoms with Crippen molar-refractivity contribution in [3.8, 4) is 5.88 Å². The average Bonchev–Trinajstić information content (AvgIpc) is 3.19. The molecule has 1 aromatic carbocycles. The van der Waals surface area contributed by atoms with E-state index < -0.39 is 17.9 Å². The van der Waals surface area contributed by atoms with E-state index in [0.29, 0.717) is 0 Å². The summed E-state index contributed by atoms with van der Waals surface area (Å²) in [5, 5.41) is 3.50. The number of ether oxygens (including phenoxy) is 3. The molecule has 0 amide bonds. The molecule has 0 saturated carbocycles. The van der Waals surface area contributed by atoms with Crippen LogP contribution < -0.4 is 10.5 Å². The SMILES string of the molecule is COC(=O)C(C(=O)OC)c1nc2c(OCc3ccc(CN=[N+]=[N-])cc3)nc(N)nc2[nH]1. The molecule has 0 bridgehead atoms. The van der Waals surface area contributed by atoms with Crippen molar-refractivity contribution in [2.75, 3.05) is 20.0 Å². The van der Waals surface area contributed by atoms with Gasteiger partial charge in [0, 0.05) is 4.91 Å². The Labute approximate surface area is 175 Å². The van der Waals surface area contributed by atoms with E-state index in [9.17, 15) is 9.59 Å². The van der Waals surface area contributed by atoms with E-state index >= 15 is 0 Å². The number of rotatable bonds is 8. The first-order valence-corrected chi connectivity index (χ1v) is 8.87. The van der Waals surface area contributed by atoms with Crippen molar-refractivity contribution in [3.63, 3.8) is 0 Å². The molecule has 2 heterocycles. The minimum absolute atomic E-state index is 0.0409. The second kappa shape index (κ2) is 9.41. The van der Waals surface area contributed by atoms with E-state index in [4.69, 9.17) is 16.0 Å². The molecule has 13 heteroatoms. The number of anilines is 1. The fraction of sp³-hybridized carbons (Fsp3) is 0.278. The molecule has 0 radical (unpaired) electrons. The van der Waals surface area contributed by atoms with Crippen LogP contribution in [0.1, 0.15) is 22.9 Å². The zero-order valence-electron chi connectivity index (χ0n) is 16.6. The molecule has 3 rings (SSSR count). The van der Waals surface area contributed by atoms with Crippen LogP contribution in [0.2, 0.25) is 0 Å². The Morgan fingerprint density at radius 2 is 1.77 bits per heavy atom. The molecule has 0 atom stereocenters. The van der Waals surface area contributed by atoms with Gasteiger partial charge in [0.2, 0.25) is 17.7 Å². The summed E-state index contributed by atoms with van der Waals surface area (Å²) in [5.74, 6) is -3.19. The molecule has 2 aromatic heterocycles. The summed E-state index contributed by atoms with van der Waals surface area (Å²) in [7, 11) is 2.29. The number of nitrogens with two attached hydrogens (primary N) is 1. The average molecular weight is 426 g/mol. The predicted octanol–water partition coefficient (Wildman–Crippen LogP) is 1.75. The molecule has 3 N–H and O–H groups in total. The van der Waals surface area contributed by atoms with Crippen molar-refractivity contribution in [1.29, 1.82) is 0 Å². The van der Waals surface area contributed by atoms with Crippen LogP contribution in [0.4, 0.5) is 5.95 Å². The third-order valence-corrected chi connectivity index (χ3v) is 4.21. The maximum atomic E-state index is 12.0. The zero-order valence-corrected chi connectivity index (χ0v) is 16.6. The van der Waals surface area contributed by atoms with Crippen molar-refractivity contribution in [3.05, 3.63) is 51.7 Å². The van der Waals surface area contributed by atoms with Crippen molar-refractivity contribution in [1.82, 2.24) is 19.9 Å². The van der Waals surface area contributed by atoms with E-state index in [1.54, 1.807) is 12.1 Å². The molecule has 0 saturated heterocycles. The first kappa shape index (κ1) is 21.3. The number of aromatic amines is 1. The smallest absolute Gasteiger partial charge is 0.327 e. The zero-order chi connectivity index (χ0) is 22.4. The number of nitrogen functional groups attached to an aromatic ring is 1. The van der Waals surface area contributed by atoms with Gasteiger partial charge in [0.15, 0.2) is 11.2 Å². The predicted molar refractivity (Wildman–Crippen MR) is 106 cm³/mol. The lowest BCUT2D eigenvalue weighted by Crippen LogP contribution is -2.25. The van der Waals surface area contributed by atoms with Gasteiger partial charge in [-0.2, -0.15) is 9.97 Å². The minimum Gasteiger partial charge on any atom is -0.471 e. The second-order valence-corrected chi connectivity index (χ2v) is 6.18. The molecule has 0 aliphatic carbocycles. The van der Waals surface area contributed by atoms with Gasteiger partial charge in [-0.15, -0.1) is 0 Å². The van der Waals surface area contributed by atoms with Crippen molar-refractivity contribution in [2.45, 2.75) is 19.1 Å². The third-order valence-electron chi connectivity index (χ3n) is 4.21. The van der Waals surface area contributed by atoms with Crippen molar-refractivity contribution >= 4 is 29.1 Å². The van der Waals surface area contributed by atoms with Gasteiger partial charge >= 0.3 is 11.9 Å². The highest BCUT2D eigenvalue weighted by molar-refractivity contribution is 6.00. The Morgan fingerprint density at radius 1 is 1.13 bits per heavy atom. The number of azide groups is 1. The van der Waals surface area contributed by atoms with Gasteiger partial charge in [0.25, 0.3) is 0 Å². The maximum absolute atomic E-state index is 12.0. The Hall–Kier alpha value is -4.38. The summed E-state index contributed by atoms with van der Waals surface area (Å²) in [6.45, 7) is 0.380. The van der Waals surface area contributed by atoms with Gasteiger partial charge < -0.3 is 24.9 Å². The number of aromatic nitrogens is 4. The standard InChI is InChI=1S/C18H18N8O5/c1-29-16(27)11(17(28)30-2)13-22-12-14(23-13)24-18(19)25-15(12)31-8-10-5-3-9(4-6-10)7-21-26-20/h3-6,11H,7-8H2,1-2H3,(H3,19,22,23,24,25). The third kappa shape index (κ3) is 4.79. The van der Waals surface area contributed by atoms with Gasteiger partial charge in [-0.25, -0.2) is 4.98 Å². The number of fused-ring (bicyclic) bond motifs is 1. The number of hydrogen-bond acceptors (Lipinski definition) is 10. The highest BCUT2D eigenvalue weighted by Crippen LogP contribution is 2.26. The van der Waals surface area contributed by atoms with E-state index in [2.05, 4.69) is 39.4 Å². The number of esters is 2. The van der Waals surface area contributed by atoms with E-state index in [-0.39, 0.29) is 42.0 Å². The number of H-pyrrole nitrogens is 1. The topological polar surface area (TPSA) is 191 Å².